The van der Waals surface area contributed by atoms with E-state index in [-0.39, 0.29) is 17.9 Å². The topological polar surface area (TPSA) is 65.6 Å². The van der Waals surface area contributed by atoms with Crippen molar-refractivity contribution in [3.63, 3.8) is 0 Å². The standard InChI is InChI=1S/C18H21N3O3/c1-20-15-10-21(7-6-11(15)8-17(20)22)18(23)14-9-12-13(19-14)4-3-5-16(12)24-2/h3-5,9,11,15,19H,6-8,10H2,1-2H3/t11-,15-/m1/s1. The van der Waals surface area contributed by atoms with Crippen molar-refractivity contribution < 1.29 is 14.3 Å². The normalized spacial score (nSPS) is 23.7. The predicted octanol–water partition coefficient (Wildman–Crippen LogP) is 1.87. The maximum Gasteiger partial charge on any atom is 0.270 e. The molecular weight excluding hydrogens is 306 g/mol. The molecule has 0 unspecified atom stereocenters. The summed E-state index contributed by atoms with van der Waals surface area (Å²) in [4.78, 5) is 31.6. The van der Waals surface area contributed by atoms with Crippen LogP contribution in [0, 0.1) is 5.92 Å². The van der Waals surface area contributed by atoms with Gasteiger partial charge in [-0.05, 0) is 30.5 Å². The number of likely N-dealkylation sites (tertiary alicyclic amines) is 2. The molecule has 2 aliphatic rings. The molecule has 2 saturated heterocycles. The van der Waals surface area contributed by atoms with Crippen LogP contribution in [0.25, 0.3) is 10.9 Å². The molecule has 6 nitrogen and oxygen atoms in total. The van der Waals surface area contributed by atoms with E-state index in [2.05, 4.69) is 4.98 Å². The SMILES string of the molecule is COc1cccc2[nH]c(C(=O)N3CC[C@@H]4CC(=O)N(C)[C@@H]4C3)cc12. The Labute approximate surface area is 140 Å². The number of carbonyl (C=O) groups is 2. The molecule has 1 aromatic carbocycles. The van der Waals surface area contributed by atoms with Crippen LogP contribution >= 0.6 is 0 Å². The zero-order chi connectivity index (χ0) is 16.8. The van der Waals surface area contributed by atoms with E-state index in [9.17, 15) is 9.59 Å². The Kier molecular flexibility index (Phi) is 3.48. The van der Waals surface area contributed by atoms with Gasteiger partial charge in [0.05, 0.1) is 13.2 Å². The lowest BCUT2D eigenvalue weighted by molar-refractivity contribution is -0.127. The number of benzene rings is 1. The van der Waals surface area contributed by atoms with Crippen LogP contribution in [0.5, 0.6) is 5.75 Å². The van der Waals surface area contributed by atoms with Crippen molar-refractivity contribution in [3.05, 3.63) is 30.0 Å². The number of hydrogen-bond donors (Lipinski definition) is 1. The summed E-state index contributed by atoms with van der Waals surface area (Å²) in [6.45, 7) is 1.31. The number of H-pyrrole nitrogens is 1. The lowest BCUT2D eigenvalue weighted by Crippen LogP contribution is -2.49. The van der Waals surface area contributed by atoms with Gasteiger partial charge in [0.2, 0.25) is 5.91 Å². The second-order valence-electron chi connectivity index (χ2n) is 6.68. The molecule has 6 heteroatoms. The molecule has 3 heterocycles. The quantitative estimate of drug-likeness (QED) is 0.916. The van der Waals surface area contributed by atoms with Crippen LogP contribution in [0.3, 0.4) is 0 Å². The number of nitrogens with zero attached hydrogens (tertiary/aromatic N) is 2. The first-order valence-electron chi connectivity index (χ1n) is 8.29. The van der Waals surface area contributed by atoms with Gasteiger partial charge in [-0.2, -0.15) is 0 Å². The average Bonchev–Trinajstić information content (AvgIpc) is 3.15. The molecule has 0 bridgehead atoms. The van der Waals surface area contributed by atoms with Gasteiger partial charge in [0.25, 0.3) is 5.91 Å². The molecule has 0 radical (unpaired) electrons. The summed E-state index contributed by atoms with van der Waals surface area (Å²) in [5, 5.41) is 0.909. The van der Waals surface area contributed by atoms with Crippen molar-refractivity contribution in [3.8, 4) is 5.75 Å². The van der Waals surface area contributed by atoms with Crippen molar-refractivity contribution in [1.82, 2.24) is 14.8 Å². The second-order valence-corrected chi connectivity index (χ2v) is 6.68. The van der Waals surface area contributed by atoms with Crippen molar-refractivity contribution in [1.29, 1.82) is 0 Å². The first-order valence-corrected chi connectivity index (χ1v) is 8.29. The number of hydrogen-bond acceptors (Lipinski definition) is 3. The van der Waals surface area contributed by atoms with E-state index in [1.165, 1.54) is 0 Å². The number of nitrogens with one attached hydrogen (secondary N) is 1. The first kappa shape index (κ1) is 15.1. The van der Waals surface area contributed by atoms with Crippen LogP contribution in [0.4, 0.5) is 0 Å². The van der Waals surface area contributed by atoms with Crippen molar-refractivity contribution in [2.75, 3.05) is 27.2 Å². The Bertz CT molecular complexity index is 813. The van der Waals surface area contributed by atoms with E-state index in [1.54, 1.807) is 12.0 Å². The highest BCUT2D eigenvalue weighted by Crippen LogP contribution is 2.32. The summed E-state index contributed by atoms with van der Waals surface area (Å²) < 4.78 is 5.36. The minimum Gasteiger partial charge on any atom is -0.496 e. The summed E-state index contributed by atoms with van der Waals surface area (Å²) in [5.41, 5.74) is 1.46. The van der Waals surface area contributed by atoms with Crippen LogP contribution in [0.15, 0.2) is 24.3 Å². The van der Waals surface area contributed by atoms with Crippen LogP contribution < -0.4 is 4.74 Å². The van der Waals surface area contributed by atoms with Gasteiger partial charge in [0.1, 0.15) is 11.4 Å². The minimum atomic E-state index is -0.0144. The molecule has 24 heavy (non-hydrogen) atoms. The number of ether oxygens (including phenoxy) is 1. The number of fused-ring (bicyclic) bond motifs is 2. The van der Waals surface area contributed by atoms with Crippen LogP contribution in [0.2, 0.25) is 0 Å². The summed E-state index contributed by atoms with van der Waals surface area (Å²) >= 11 is 0. The highest BCUT2D eigenvalue weighted by atomic mass is 16.5. The Balaban J connectivity index is 1.59. The van der Waals surface area contributed by atoms with Gasteiger partial charge in [-0.15, -0.1) is 0 Å². The number of aromatic amines is 1. The molecular formula is C18H21N3O3. The molecule has 0 aliphatic carbocycles. The number of methoxy groups -OCH3 is 1. The summed E-state index contributed by atoms with van der Waals surface area (Å²) in [5.74, 6) is 1.31. The largest absolute Gasteiger partial charge is 0.496 e. The first-order chi connectivity index (χ1) is 11.6. The number of carbonyl (C=O) groups excluding carboxylic acids is 2. The van der Waals surface area contributed by atoms with E-state index in [4.69, 9.17) is 4.74 Å². The van der Waals surface area contributed by atoms with Crippen molar-refractivity contribution >= 4 is 22.7 Å². The Morgan fingerprint density at radius 3 is 3.00 bits per heavy atom. The highest BCUT2D eigenvalue weighted by molar-refractivity contribution is 5.99. The van der Waals surface area contributed by atoms with Gasteiger partial charge in [-0.25, -0.2) is 0 Å². The molecule has 2 fully saturated rings. The summed E-state index contributed by atoms with van der Waals surface area (Å²) in [7, 11) is 3.47. The molecule has 0 spiro atoms. The predicted molar refractivity (Wildman–Crippen MR) is 90.0 cm³/mol. The molecule has 4 rings (SSSR count). The highest BCUT2D eigenvalue weighted by Gasteiger charge is 2.42. The molecule has 1 N–H and O–H groups in total. The average molecular weight is 327 g/mol. The van der Waals surface area contributed by atoms with E-state index in [0.717, 1.165) is 23.1 Å². The van der Waals surface area contributed by atoms with E-state index in [0.29, 0.717) is 31.1 Å². The maximum absolute atomic E-state index is 12.9. The zero-order valence-electron chi connectivity index (χ0n) is 13.9. The minimum absolute atomic E-state index is 0.0144. The number of piperidine rings is 1. The van der Waals surface area contributed by atoms with Gasteiger partial charge >= 0.3 is 0 Å². The zero-order valence-corrected chi connectivity index (χ0v) is 13.9. The van der Waals surface area contributed by atoms with Crippen LogP contribution in [-0.4, -0.2) is 59.9 Å². The fourth-order valence-corrected chi connectivity index (χ4v) is 3.99. The van der Waals surface area contributed by atoms with E-state index in [1.807, 2.05) is 36.2 Å². The van der Waals surface area contributed by atoms with Gasteiger partial charge in [-0.3, -0.25) is 9.59 Å². The summed E-state index contributed by atoms with van der Waals surface area (Å²) in [6.07, 6.45) is 1.50. The molecule has 2 aliphatic heterocycles. The lowest BCUT2D eigenvalue weighted by atomic mass is 9.92. The van der Waals surface area contributed by atoms with Crippen LogP contribution in [-0.2, 0) is 4.79 Å². The smallest absolute Gasteiger partial charge is 0.270 e. The molecule has 0 saturated carbocycles. The van der Waals surface area contributed by atoms with Gasteiger partial charge in [0.15, 0.2) is 0 Å². The molecule has 2 aromatic rings. The van der Waals surface area contributed by atoms with E-state index < -0.39 is 0 Å². The Morgan fingerprint density at radius 2 is 2.21 bits per heavy atom. The monoisotopic (exact) mass is 327 g/mol. The second kappa shape index (κ2) is 5.54. The molecule has 1 aromatic heterocycles. The Hall–Kier alpha value is -2.50. The van der Waals surface area contributed by atoms with Gasteiger partial charge < -0.3 is 19.5 Å². The summed E-state index contributed by atoms with van der Waals surface area (Å²) in [6, 6.07) is 7.72. The third-order valence-electron chi connectivity index (χ3n) is 5.41. The van der Waals surface area contributed by atoms with Crippen molar-refractivity contribution in [2.45, 2.75) is 18.9 Å². The molecule has 2 atom stereocenters. The fourth-order valence-electron chi connectivity index (χ4n) is 3.99. The number of aromatic nitrogens is 1. The molecule has 126 valence electrons. The maximum atomic E-state index is 12.9. The lowest BCUT2D eigenvalue weighted by Gasteiger charge is -2.36. The Morgan fingerprint density at radius 1 is 1.38 bits per heavy atom. The number of amides is 2. The third kappa shape index (κ3) is 2.25. The van der Waals surface area contributed by atoms with Gasteiger partial charge in [0, 0.05) is 37.5 Å². The fraction of sp³-hybridized carbons (Fsp3) is 0.444. The van der Waals surface area contributed by atoms with Gasteiger partial charge in [-0.1, -0.05) is 6.07 Å². The van der Waals surface area contributed by atoms with Crippen LogP contribution in [0.1, 0.15) is 23.3 Å². The third-order valence-corrected chi connectivity index (χ3v) is 5.41. The van der Waals surface area contributed by atoms with Crippen molar-refractivity contribution in [2.24, 2.45) is 5.92 Å². The number of rotatable bonds is 2. The molecule has 2 amide bonds. The number of likely N-dealkylation sites (N-methyl/N-ethyl adjacent to an activating group) is 1. The van der Waals surface area contributed by atoms with E-state index >= 15 is 0 Å².